The molecule has 16 heavy (non-hydrogen) atoms. The highest BCUT2D eigenvalue weighted by Gasteiger charge is 2.41. The number of ether oxygens (including phenoxy) is 1. The standard InChI is InChI=1S/C10H22N2O3S/c1-4-15-9-5-8(11)10(9)12-16(13,14)6-7(2)3/h7-10,12H,4-6,11H2,1-3H3. The second-order valence-electron chi connectivity index (χ2n) is 4.71. The molecule has 6 heteroatoms. The molecule has 3 unspecified atom stereocenters. The van der Waals surface area contributed by atoms with Crippen molar-refractivity contribution in [2.24, 2.45) is 11.7 Å². The minimum Gasteiger partial charge on any atom is -0.377 e. The molecule has 3 atom stereocenters. The normalized spacial score (nSPS) is 30.4. The van der Waals surface area contributed by atoms with E-state index in [9.17, 15) is 8.42 Å². The van der Waals surface area contributed by atoms with Crippen LogP contribution in [0.1, 0.15) is 27.2 Å². The van der Waals surface area contributed by atoms with E-state index in [1.165, 1.54) is 0 Å². The van der Waals surface area contributed by atoms with Crippen LogP contribution in [0.5, 0.6) is 0 Å². The van der Waals surface area contributed by atoms with Gasteiger partial charge < -0.3 is 10.5 Å². The minimum absolute atomic E-state index is 0.0677. The van der Waals surface area contributed by atoms with Gasteiger partial charge in [-0.15, -0.1) is 0 Å². The molecular formula is C10H22N2O3S. The lowest BCUT2D eigenvalue weighted by atomic mass is 9.84. The van der Waals surface area contributed by atoms with E-state index in [1.807, 2.05) is 20.8 Å². The molecule has 1 rings (SSSR count). The predicted molar refractivity (Wildman–Crippen MR) is 63.6 cm³/mol. The van der Waals surface area contributed by atoms with Crippen molar-refractivity contribution in [2.75, 3.05) is 12.4 Å². The Labute approximate surface area is 97.8 Å². The minimum atomic E-state index is -3.24. The second-order valence-corrected chi connectivity index (χ2v) is 6.51. The maximum atomic E-state index is 11.7. The van der Waals surface area contributed by atoms with Crippen LogP contribution < -0.4 is 10.5 Å². The summed E-state index contributed by atoms with van der Waals surface area (Å²) in [5.41, 5.74) is 5.77. The highest BCUT2D eigenvalue weighted by molar-refractivity contribution is 7.89. The third-order valence-electron chi connectivity index (χ3n) is 2.62. The van der Waals surface area contributed by atoms with Gasteiger partial charge in [-0.2, -0.15) is 0 Å². The summed E-state index contributed by atoms with van der Waals surface area (Å²) in [5.74, 6) is 0.244. The molecule has 1 aliphatic rings. The zero-order valence-electron chi connectivity index (χ0n) is 10.1. The van der Waals surface area contributed by atoms with Gasteiger partial charge in [-0.05, 0) is 19.3 Å². The summed E-state index contributed by atoms with van der Waals surface area (Å²) in [5, 5.41) is 0. The average Bonchev–Trinajstić information content (AvgIpc) is 2.12. The number of sulfonamides is 1. The molecule has 0 aliphatic heterocycles. The number of nitrogens with two attached hydrogens (primary N) is 1. The van der Waals surface area contributed by atoms with Crippen LogP contribution in [0.4, 0.5) is 0 Å². The van der Waals surface area contributed by atoms with Crippen LogP contribution in [-0.2, 0) is 14.8 Å². The molecule has 1 saturated carbocycles. The van der Waals surface area contributed by atoms with Gasteiger partial charge in [0.25, 0.3) is 0 Å². The first-order chi connectivity index (χ1) is 7.35. The molecule has 5 nitrogen and oxygen atoms in total. The van der Waals surface area contributed by atoms with Crippen LogP contribution in [0.3, 0.4) is 0 Å². The second kappa shape index (κ2) is 5.44. The lowest BCUT2D eigenvalue weighted by Gasteiger charge is -2.42. The SMILES string of the molecule is CCOC1CC(N)C1NS(=O)(=O)CC(C)C. The lowest BCUT2D eigenvalue weighted by molar-refractivity contribution is -0.0248. The number of nitrogens with one attached hydrogen (secondary N) is 1. The monoisotopic (exact) mass is 250 g/mol. The molecular weight excluding hydrogens is 228 g/mol. The van der Waals surface area contributed by atoms with Crippen LogP contribution in [0.2, 0.25) is 0 Å². The Morgan fingerprint density at radius 3 is 2.56 bits per heavy atom. The van der Waals surface area contributed by atoms with E-state index in [2.05, 4.69) is 4.72 Å². The first-order valence-electron chi connectivity index (χ1n) is 5.73. The summed E-state index contributed by atoms with van der Waals surface area (Å²) in [6, 6.07) is -0.387. The van der Waals surface area contributed by atoms with Crippen molar-refractivity contribution < 1.29 is 13.2 Å². The van der Waals surface area contributed by atoms with Crippen molar-refractivity contribution >= 4 is 10.0 Å². The molecule has 0 amide bonds. The summed E-state index contributed by atoms with van der Waals surface area (Å²) >= 11 is 0. The van der Waals surface area contributed by atoms with E-state index in [-0.39, 0.29) is 29.9 Å². The van der Waals surface area contributed by atoms with Gasteiger partial charge in [0, 0.05) is 12.6 Å². The number of hydrogen-bond donors (Lipinski definition) is 2. The Morgan fingerprint density at radius 2 is 2.12 bits per heavy atom. The molecule has 0 saturated heterocycles. The van der Waals surface area contributed by atoms with Gasteiger partial charge in [-0.25, -0.2) is 13.1 Å². The van der Waals surface area contributed by atoms with Gasteiger partial charge in [0.1, 0.15) is 0 Å². The molecule has 0 bridgehead atoms. The van der Waals surface area contributed by atoms with Crippen LogP contribution in [0.15, 0.2) is 0 Å². The number of rotatable bonds is 6. The van der Waals surface area contributed by atoms with Gasteiger partial charge in [-0.1, -0.05) is 13.8 Å². The Bertz CT molecular complexity index is 314. The molecule has 0 aromatic heterocycles. The Balaban J connectivity index is 2.52. The Hall–Kier alpha value is -0.170. The summed E-state index contributed by atoms with van der Waals surface area (Å²) < 4.78 is 31.5. The van der Waals surface area contributed by atoms with Crippen molar-refractivity contribution in [1.82, 2.24) is 4.72 Å². The average molecular weight is 250 g/mol. The van der Waals surface area contributed by atoms with Gasteiger partial charge in [0.2, 0.25) is 10.0 Å². The highest BCUT2D eigenvalue weighted by atomic mass is 32.2. The molecule has 0 heterocycles. The van der Waals surface area contributed by atoms with Gasteiger partial charge >= 0.3 is 0 Å². The van der Waals surface area contributed by atoms with Crippen molar-refractivity contribution in [2.45, 2.75) is 45.4 Å². The molecule has 1 aliphatic carbocycles. The van der Waals surface area contributed by atoms with Crippen molar-refractivity contribution in [1.29, 1.82) is 0 Å². The van der Waals surface area contributed by atoms with E-state index >= 15 is 0 Å². The van der Waals surface area contributed by atoms with E-state index in [0.717, 1.165) is 6.42 Å². The zero-order valence-corrected chi connectivity index (χ0v) is 11.0. The first kappa shape index (κ1) is 13.9. The molecule has 0 aromatic rings. The summed E-state index contributed by atoms with van der Waals surface area (Å²) in [6.07, 6.45) is 0.657. The molecule has 1 fully saturated rings. The zero-order chi connectivity index (χ0) is 12.3. The first-order valence-corrected chi connectivity index (χ1v) is 7.38. The molecule has 3 N–H and O–H groups in total. The van der Waals surface area contributed by atoms with Gasteiger partial charge in [0.05, 0.1) is 17.9 Å². The quantitative estimate of drug-likeness (QED) is 0.699. The van der Waals surface area contributed by atoms with Crippen LogP contribution in [0, 0.1) is 5.92 Å². The van der Waals surface area contributed by atoms with E-state index in [1.54, 1.807) is 0 Å². The molecule has 0 aromatic carbocycles. The van der Waals surface area contributed by atoms with Crippen molar-refractivity contribution in [3.63, 3.8) is 0 Å². The predicted octanol–water partition coefficient (Wildman–Crippen LogP) is 0.0665. The highest BCUT2D eigenvalue weighted by Crippen LogP contribution is 2.23. The number of hydrogen-bond acceptors (Lipinski definition) is 4. The lowest BCUT2D eigenvalue weighted by Crippen LogP contribution is -2.65. The fourth-order valence-corrected chi connectivity index (χ4v) is 3.60. The van der Waals surface area contributed by atoms with E-state index in [0.29, 0.717) is 6.61 Å². The van der Waals surface area contributed by atoms with E-state index in [4.69, 9.17) is 10.5 Å². The van der Waals surface area contributed by atoms with Crippen LogP contribution >= 0.6 is 0 Å². The Morgan fingerprint density at radius 1 is 1.50 bits per heavy atom. The largest absolute Gasteiger partial charge is 0.377 e. The van der Waals surface area contributed by atoms with Crippen molar-refractivity contribution in [3.05, 3.63) is 0 Å². The van der Waals surface area contributed by atoms with Crippen LogP contribution in [-0.4, -0.2) is 39.0 Å². The van der Waals surface area contributed by atoms with E-state index < -0.39 is 10.0 Å². The van der Waals surface area contributed by atoms with Gasteiger partial charge in [0.15, 0.2) is 0 Å². The summed E-state index contributed by atoms with van der Waals surface area (Å²) in [7, 11) is -3.24. The smallest absolute Gasteiger partial charge is 0.212 e. The molecule has 96 valence electrons. The summed E-state index contributed by atoms with van der Waals surface area (Å²) in [4.78, 5) is 0. The maximum Gasteiger partial charge on any atom is 0.212 e. The van der Waals surface area contributed by atoms with Gasteiger partial charge in [-0.3, -0.25) is 0 Å². The van der Waals surface area contributed by atoms with Crippen molar-refractivity contribution in [3.8, 4) is 0 Å². The molecule has 0 radical (unpaired) electrons. The maximum absolute atomic E-state index is 11.7. The molecule has 0 spiro atoms. The third-order valence-corrected chi connectivity index (χ3v) is 4.35. The fraction of sp³-hybridized carbons (Fsp3) is 1.00. The third kappa shape index (κ3) is 3.69. The van der Waals surface area contributed by atoms with Crippen LogP contribution in [0.25, 0.3) is 0 Å². The fourth-order valence-electron chi connectivity index (χ4n) is 1.88. The Kier molecular flexibility index (Phi) is 4.73. The topological polar surface area (TPSA) is 81.4 Å². The summed E-state index contributed by atoms with van der Waals surface area (Å²) in [6.45, 7) is 6.23.